The van der Waals surface area contributed by atoms with Crippen molar-refractivity contribution in [1.29, 1.82) is 0 Å². The smallest absolute Gasteiger partial charge is 0.220 e. The molecule has 3 rings (SSSR count). The summed E-state index contributed by atoms with van der Waals surface area (Å²) in [5.74, 6) is -0.296. The van der Waals surface area contributed by atoms with Gasteiger partial charge in [0.2, 0.25) is 5.91 Å². The molecule has 89 heavy (non-hydrogen) atoms. The molecule has 0 aromatic rings. The van der Waals surface area contributed by atoms with E-state index >= 15 is 0 Å². The number of hydrogen-bond donors (Lipinski definition) is 12. The number of carbonyl (C=O) groups excluding carboxylic acids is 1. The Bertz CT molecular complexity index is 1990. The Balaban J connectivity index is 1.42. The van der Waals surface area contributed by atoms with Crippen LogP contribution in [0.25, 0.3) is 0 Å². The molecule has 19 heteroatoms. The first-order valence-electron chi connectivity index (χ1n) is 34.0. The molecule has 0 aromatic carbocycles. The summed E-state index contributed by atoms with van der Waals surface area (Å²) in [7, 11) is 0. The van der Waals surface area contributed by atoms with Crippen LogP contribution in [0.15, 0.2) is 97.2 Å². The van der Waals surface area contributed by atoms with Gasteiger partial charge < -0.3 is 89.9 Å². The van der Waals surface area contributed by atoms with Crippen molar-refractivity contribution in [3.8, 4) is 0 Å². The van der Waals surface area contributed by atoms with Gasteiger partial charge in [0.25, 0.3) is 0 Å². The molecule has 19 nitrogen and oxygen atoms in total. The Morgan fingerprint density at radius 3 is 1.26 bits per heavy atom. The zero-order chi connectivity index (χ0) is 64.7. The van der Waals surface area contributed by atoms with Crippen LogP contribution in [0, 0.1) is 0 Å². The van der Waals surface area contributed by atoms with Gasteiger partial charge in [0.15, 0.2) is 18.9 Å². The highest BCUT2D eigenvalue weighted by molar-refractivity contribution is 5.76. The molecule has 3 aliphatic rings. The quantitative estimate of drug-likeness (QED) is 0.0201. The van der Waals surface area contributed by atoms with Crippen LogP contribution in [0.5, 0.6) is 0 Å². The Hall–Kier alpha value is -3.29. The molecule has 3 fully saturated rings. The van der Waals surface area contributed by atoms with Gasteiger partial charge in [-0.25, -0.2) is 0 Å². The summed E-state index contributed by atoms with van der Waals surface area (Å²) in [4.78, 5) is 13.4. The molecule has 512 valence electrons. The third-order valence-corrected chi connectivity index (χ3v) is 16.3. The minimum atomic E-state index is -1.99. The topological polar surface area (TPSA) is 307 Å². The molecule has 3 aliphatic heterocycles. The third-order valence-electron chi connectivity index (χ3n) is 16.3. The molecule has 0 aromatic heterocycles. The van der Waals surface area contributed by atoms with E-state index in [1.165, 1.54) is 83.5 Å². The van der Waals surface area contributed by atoms with E-state index < -0.39 is 124 Å². The molecular weight excluding hydrogens is 1140 g/mol. The zero-order valence-corrected chi connectivity index (χ0v) is 53.9. The highest BCUT2D eigenvalue weighted by atomic mass is 16.8. The third kappa shape index (κ3) is 33.4. The van der Waals surface area contributed by atoms with Gasteiger partial charge in [-0.3, -0.25) is 4.79 Å². The second kappa shape index (κ2) is 51.2. The van der Waals surface area contributed by atoms with Crippen LogP contribution in [0.4, 0.5) is 0 Å². The van der Waals surface area contributed by atoms with E-state index in [-0.39, 0.29) is 18.9 Å². The lowest BCUT2D eigenvalue weighted by molar-refractivity contribution is -0.379. The van der Waals surface area contributed by atoms with Crippen molar-refractivity contribution < 1.29 is 89.4 Å². The van der Waals surface area contributed by atoms with Gasteiger partial charge in [0.1, 0.15) is 73.2 Å². The average molecular weight is 1260 g/mol. The molecular formula is C70H119NO18. The SMILES string of the molecule is CC/C=C\C/C=C\C/C=C\C/C=C\C/C=C\CCCCCCCCCCCCCCCC(=O)NC(COC1OC(CO)C(OC2OC(CO)C(OC3OC(CO)C(O)C(O)C3O)C(O)C2O)C(O)C1O)C(O)/C=C/CC/C=C/CC/C=C/CCCCCCC. The minimum Gasteiger partial charge on any atom is -0.394 e. The molecule has 1 amide bonds. The average Bonchev–Trinajstić information content (AvgIpc) is 2.42. The fourth-order valence-electron chi connectivity index (χ4n) is 10.8. The maximum absolute atomic E-state index is 13.4. The van der Waals surface area contributed by atoms with Crippen LogP contribution in [0.2, 0.25) is 0 Å². The number of rotatable bonds is 50. The minimum absolute atomic E-state index is 0.225. The first-order chi connectivity index (χ1) is 43.3. The van der Waals surface area contributed by atoms with Gasteiger partial charge in [-0.15, -0.1) is 0 Å². The van der Waals surface area contributed by atoms with E-state index in [0.29, 0.717) is 12.8 Å². The van der Waals surface area contributed by atoms with Crippen molar-refractivity contribution in [1.82, 2.24) is 5.32 Å². The highest BCUT2D eigenvalue weighted by Crippen LogP contribution is 2.33. The number of aliphatic hydroxyl groups is 11. The van der Waals surface area contributed by atoms with Gasteiger partial charge in [-0.2, -0.15) is 0 Å². The molecule has 0 spiro atoms. The summed E-state index contributed by atoms with van der Waals surface area (Å²) >= 11 is 0. The number of hydrogen-bond acceptors (Lipinski definition) is 18. The van der Waals surface area contributed by atoms with E-state index in [1.54, 1.807) is 6.08 Å². The van der Waals surface area contributed by atoms with Gasteiger partial charge in [-0.05, 0) is 89.9 Å². The maximum Gasteiger partial charge on any atom is 0.220 e. The van der Waals surface area contributed by atoms with Crippen LogP contribution >= 0.6 is 0 Å². The van der Waals surface area contributed by atoms with E-state index in [2.05, 4.69) is 104 Å². The first-order valence-corrected chi connectivity index (χ1v) is 34.0. The molecule has 0 radical (unpaired) electrons. The second-order valence-corrected chi connectivity index (χ2v) is 23.9. The van der Waals surface area contributed by atoms with Gasteiger partial charge in [-0.1, -0.05) is 207 Å². The van der Waals surface area contributed by atoms with Gasteiger partial charge in [0, 0.05) is 6.42 Å². The summed E-state index contributed by atoms with van der Waals surface area (Å²) in [5, 5.41) is 120. The number of allylic oxidation sites excluding steroid dienone is 15. The summed E-state index contributed by atoms with van der Waals surface area (Å²) in [6, 6.07) is -1.00. The lowest BCUT2D eigenvalue weighted by Gasteiger charge is -2.48. The Labute approximate surface area is 533 Å². The largest absolute Gasteiger partial charge is 0.394 e. The fourth-order valence-corrected chi connectivity index (χ4v) is 10.8. The fraction of sp³-hybridized carbons (Fsp3) is 0.757. The van der Waals surface area contributed by atoms with E-state index in [4.69, 9.17) is 28.4 Å². The number of carbonyl (C=O) groups is 1. The second-order valence-electron chi connectivity index (χ2n) is 23.9. The molecule has 17 unspecified atom stereocenters. The summed E-state index contributed by atoms with van der Waals surface area (Å²) in [6.07, 6.45) is 39.6. The number of ether oxygens (including phenoxy) is 6. The van der Waals surface area contributed by atoms with Gasteiger partial charge >= 0.3 is 0 Å². The molecule has 0 saturated carbocycles. The Morgan fingerprint density at radius 2 is 0.787 bits per heavy atom. The standard InChI is InChI=1S/C70H119NO18/c1-3-5-7-9-11-13-15-17-19-20-21-22-23-24-25-26-27-28-29-30-31-32-34-36-38-40-42-44-46-48-58(76)71-53(54(75)47-45-43-41-39-37-35-33-18-16-14-12-10-8-6-4-2)52-84-68-64(82)61(79)66(56(50-73)86-68)89-70-65(83)62(80)67(57(51-74)87-70)88-69-63(81)60(78)59(77)55(49-72)85-69/h5,7,11,13,16-19,21-22,24-25,37,39,45,47,53-57,59-70,72-75,77-83H,3-4,6,8-10,12,14-15,20,23,26-36,38,40-44,46,48-52H2,1-2H3,(H,71,76)/b7-5-,13-11-,18-16+,19-17-,22-21-,25-24-,39-37+,47-45+. The van der Waals surface area contributed by atoms with Crippen LogP contribution in [0.3, 0.4) is 0 Å². The van der Waals surface area contributed by atoms with E-state index in [0.717, 1.165) is 89.9 Å². The van der Waals surface area contributed by atoms with E-state index in [1.807, 2.05) is 6.08 Å². The van der Waals surface area contributed by atoms with Crippen molar-refractivity contribution in [3.05, 3.63) is 97.2 Å². The summed E-state index contributed by atoms with van der Waals surface area (Å²) in [6.45, 7) is 1.56. The summed E-state index contributed by atoms with van der Waals surface area (Å²) in [5.41, 5.74) is 0. The normalized spacial score (nSPS) is 28.8. The summed E-state index contributed by atoms with van der Waals surface area (Å²) < 4.78 is 34.3. The van der Waals surface area contributed by atoms with Crippen LogP contribution in [0.1, 0.15) is 206 Å². The Kier molecular flexibility index (Phi) is 46.0. The lowest BCUT2D eigenvalue weighted by atomic mass is 9.96. The van der Waals surface area contributed by atoms with Crippen molar-refractivity contribution in [2.24, 2.45) is 0 Å². The molecule has 0 aliphatic carbocycles. The van der Waals surface area contributed by atoms with Gasteiger partial charge in [0.05, 0.1) is 38.6 Å². The van der Waals surface area contributed by atoms with Crippen LogP contribution in [-0.4, -0.2) is 193 Å². The molecule has 0 bridgehead atoms. The van der Waals surface area contributed by atoms with Crippen molar-refractivity contribution in [2.45, 2.75) is 311 Å². The molecule has 3 saturated heterocycles. The van der Waals surface area contributed by atoms with Crippen molar-refractivity contribution in [2.75, 3.05) is 26.4 Å². The van der Waals surface area contributed by atoms with Crippen molar-refractivity contribution in [3.63, 3.8) is 0 Å². The predicted molar refractivity (Wildman–Crippen MR) is 346 cm³/mol. The number of nitrogens with one attached hydrogen (secondary N) is 1. The monoisotopic (exact) mass is 1260 g/mol. The highest BCUT2D eigenvalue weighted by Gasteiger charge is 2.53. The lowest BCUT2D eigenvalue weighted by Crippen LogP contribution is -2.66. The zero-order valence-electron chi connectivity index (χ0n) is 53.9. The molecule has 12 N–H and O–H groups in total. The number of unbranched alkanes of at least 4 members (excludes halogenated alkanes) is 20. The number of amides is 1. The van der Waals surface area contributed by atoms with Crippen LogP contribution in [-0.2, 0) is 33.2 Å². The molecule has 17 atom stereocenters. The number of aliphatic hydroxyl groups excluding tert-OH is 11. The van der Waals surface area contributed by atoms with E-state index in [9.17, 15) is 61.0 Å². The maximum atomic E-state index is 13.4. The first kappa shape index (κ1) is 79.9. The Morgan fingerprint density at radius 1 is 0.416 bits per heavy atom. The molecule has 3 heterocycles. The predicted octanol–water partition coefficient (Wildman–Crippen LogP) is 8.49. The van der Waals surface area contributed by atoms with Crippen molar-refractivity contribution >= 4 is 5.91 Å². The van der Waals surface area contributed by atoms with Crippen LogP contribution < -0.4 is 5.32 Å².